The van der Waals surface area contributed by atoms with Crippen LogP contribution < -0.4 is 5.32 Å². The summed E-state index contributed by atoms with van der Waals surface area (Å²) >= 11 is 12.3. The fraction of sp³-hybridized carbons (Fsp3) is 0.600. The van der Waals surface area contributed by atoms with Crippen molar-refractivity contribution in [3.05, 3.63) is 33.8 Å². The van der Waals surface area contributed by atoms with Crippen LogP contribution in [0.15, 0.2) is 18.2 Å². The molecular weight excluding hydrogens is 281 g/mol. The Kier molecular flexibility index (Phi) is 3.78. The van der Waals surface area contributed by atoms with E-state index in [1.165, 1.54) is 6.42 Å². The third kappa shape index (κ3) is 2.52. The van der Waals surface area contributed by atoms with Crippen LogP contribution in [0.25, 0.3) is 0 Å². The van der Waals surface area contributed by atoms with E-state index < -0.39 is 5.60 Å². The van der Waals surface area contributed by atoms with Gasteiger partial charge in [-0.3, -0.25) is 0 Å². The molecule has 19 heavy (non-hydrogen) atoms. The molecule has 0 aromatic heterocycles. The Morgan fingerprint density at radius 1 is 1.21 bits per heavy atom. The molecule has 4 heteroatoms. The molecule has 0 spiro atoms. The Balaban J connectivity index is 1.94. The Bertz CT molecular complexity index is 475. The summed E-state index contributed by atoms with van der Waals surface area (Å²) in [7, 11) is 0. The quantitative estimate of drug-likeness (QED) is 0.823. The van der Waals surface area contributed by atoms with Gasteiger partial charge >= 0.3 is 0 Å². The van der Waals surface area contributed by atoms with Crippen molar-refractivity contribution in [1.29, 1.82) is 0 Å². The van der Waals surface area contributed by atoms with Crippen molar-refractivity contribution in [3.63, 3.8) is 0 Å². The molecule has 3 atom stereocenters. The van der Waals surface area contributed by atoms with Crippen LogP contribution in [0.3, 0.4) is 0 Å². The second kappa shape index (κ2) is 5.25. The third-order valence-electron chi connectivity index (χ3n) is 4.69. The first-order valence-electron chi connectivity index (χ1n) is 7.01. The maximum atomic E-state index is 10.9. The standard InChI is InChI=1S/C15H19Cl2NO/c16-10-4-5-11(13(17)9-10)14-12-3-1-2-6-15(12,19)7-8-18-14/h4-5,9,12,14,18-19H,1-3,6-8H2/t12-,14+,15+/m1/s1. The largest absolute Gasteiger partial charge is 0.389 e. The van der Waals surface area contributed by atoms with E-state index in [1.807, 2.05) is 12.1 Å². The van der Waals surface area contributed by atoms with Crippen molar-refractivity contribution < 1.29 is 5.11 Å². The van der Waals surface area contributed by atoms with E-state index in [1.54, 1.807) is 6.07 Å². The smallest absolute Gasteiger partial charge is 0.0706 e. The van der Waals surface area contributed by atoms with E-state index in [0.717, 1.165) is 37.8 Å². The van der Waals surface area contributed by atoms with Crippen LogP contribution in [0.4, 0.5) is 0 Å². The van der Waals surface area contributed by atoms with Gasteiger partial charge < -0.3 is 10.4 Å². The first kappa shape index (κ1) is 13.7. The van der Waals surface area contributed by atoms with Crippen LogP contribution in [-0.4, -0.2) is 17.3 Å². The topological polar surface area (TPSA) is 32.3 Å². The van der Waals surface area contributed by atoms with Crippen molar-refractivity contribution in [2.75, 3.05) is 6.54 Å². The molecule has 2 fully saturated rings. The van der Waals surface area contributed by atoms with E-state index in [-0.39, 0.29) is 12.0 Å². The van der Waals surface area contributed by atoms with Gasteiger partial charge in [-0.1, -0.05) is 42.1 Å². The highest BCUT2D eigenvalue weighted by Crippen LogP contribution is 2.46. The Labute approximate surface area is 124 Å². The summed E-state index contributed by atoms with van der Waals surface area (Å²) in [5.74, 6) is 0.258. The summed E-state index contributed by atoms with van der Waals surface area (Å²) in [5.41, 5.74) is 0.549. The number of hydrogen-bond donors (Lipinski definition) is 2. The summed E-state index contributed by atoms with van der Waals surface area (Å²) < 4.78 is 0. The van der Waals surface area contributed by atoms with Gasteiger partial charge in [-0.05, 0) is 43.5 Å². The lowest BCUT2D eigenvalue weighted by Gasteiger charge is -2.48. The van der Waals surface area contributed by atoms with Crippen LogP contribution in [0.5, 0.6) is 0 Å². The van der Waals surface area contributed by atoms with E-state index in [9.17, 15) is 5.11 Å². The molecule has 1 aromatic rings. The van der Waals surface area contributed by atoms with E-state index in [2.05, 4.69) is 5.32 Å². The van der Waals surface area contributed by atoms with Gasteiger partial charge in [0.15, 0.2) is 0 Å². The molecule has 1 aliphatic carbocycles. The fourth-order valence-electron chi connectivity index (χ4n) is 3.70. The number of piperidine rings is 1. The highest BCUT2D eigenvalue weighted by molar-refractivity contribution is 6.35. The Morgan fingerprint density at radius 2 is 2.05 bits per heavy atom. The van der Waals surface area contributed by atoms with Crippen LogP contribution in [0.1, 0.15) is 43.7 Å². The molecule has 1 saturated carbocycles. The first-order valence-corrected chi connectivity index (χ1v) is 7.76. The molecule has 0 unspecified atom stereocenters. The summed E-state index contributed by atoms with van der Waals surface area (Å²) in [6.07, 6.45) is 5.15. The van der Waals surface area contributed by atoms with Gasteiger partial charge in [0, 0.05) is 22.0 Å². The molecule has 2 N–H and O–H groups in total. The number of benzene rings is 1. The van der Waals surface area contributed by atoms with Crippen LogP contribution >= 0.6 is 23.2 Å². The van der Waals surface area contributed by atoms with Gasteiger partial charge in [0.05, 0.1) is 5.60 Å². The minimum Gasteiger partial charge on any atom is -0.389 e. The number of halogens is 2. The van der Waals surface area contributed by atoms with Crippen molar-refractivity contribution >= 4 is 23.2 Å². The third-order valence-corrected chi connectivity index (χ3v) is 5.25. The van der Waals surface area contributed by atoms with E-state index in [0.29, 0.717) is 10.0 Å². The maximum absolute atomic E-state index is 10.9. The second-order valence-electron chi connectivity index (χ2n) is 5.80. The molecule has 0 radical (unpaired) electrons. The van der Waals surface area contributed by atoms with Crippen LogP contribution in [0, 0.1) is 5.92 Å². The second-order valence-corrected chi connectivity index (χ2v) is 6.65. The zero-order valence-electron chi connectivity index (χ0n) is 10.8. The van der Waals surface area contributed by atoms with Gasteiger partial charge in [0.1, 0.15) is 0 Å². The minimum atomic E-state index is -0.517. The summed E-state index contributed by atoms with van der Waals surface area (Å²) in [6.45, 7) is 0.844. The monoisotopic (exact) mass is 299 g/mol. The van der Waals surface area contributed by atoms with E-state index >= 15 is 0 Å². The number of fused-ring (bicyclic) bond motifs is 1. The number of aliphatic hydroxyl groups is 1. The molecule has 0 amide bonds. The van der Waals surface area contributed by atoms with Crippen LogP contribution in [-0.2, 0) is 0 Å². The highest BCUT2D eigenvalue weighted by Gasteiger charge is 2.46. The molecule has 2 nitrogen and oxygen atoms in total. The van der Waals surface area contributed by atoms with Gasteiger partial charge in [-0.25, -0.2) is 0 Å². The average Bonchev–Trinajstić information content (AvgIpc) is 2.37. The van der Waals surface area contributed by atoms with E-state index in [4.69, 9.17) is 23.2 Å². The molecule has 3 rings (SSSR count). The number of hydrogen-bond acceptors (Lipinski definition) is 2. The highest BCUT2D eigenvalue weighted by atomic mass is 35.5. The summed E-state index contributed by atoms with van der Waals surface area (Å²) in [5, 5.41) is 15.7. The number of rotatable bonds is 1. The lowest BCUT2D eigenvalue weighted by atomic mass is 9.67. The molecule has 104 valence electrons. The summed E-state index contributed by atoms with van der Waals surface area (Å²) in [6, 6.07) is 5.80. The van der Waals surface area contributed by atoms with Crippen molar-refractivity contribution in [2.45, 2.75) is 43.7 Å². The first-order chi connectivity index (χ1) is 9.10. The molecule has 0 bridgehead atoms. The fourth-order valence-corrected chi connectivity index (χ4v) is 4.23. The van der Waals surface area contributed by atoms with Gasteiger partial charge in [0.2, 0.25) is 0 Å². The summed E-state index contributed by atoms with van der Waals surface area (Å²) in [4.78, 5) is 0. The number of nitrogens with one attached hydrogen (secondary N) is 1. The lowest BCUT2D eigenvalue weighted by molar-refractivity contribution is -0.0861. The molecule has 1 heterocycles. The predicted octanol–water partition coefficient (Wildman–Crippen LogP) is 3.95. The maximum Gasteiger partial charge on any atom is 0.0706 e. The Hall–Kier alpha value is -0.280. The molecule has 1 aliphatic heterocycles. The van der Waals surface area contributed by atoms with Gasteiger partial charge in [0.25, 0.3) is 0 Å². The SMILES string of the molecule is O[C@]12CCCC[C@@H]1[C@H](c1ccc(Cl)cc1Cl)NCC2. The minimum absolute atomic E-state index is 0.142. The Morgan fingerprint density at radius 3 is 2.84 bits per heavy atom. The normalized spacial score (nSPS) is 34.9. The van der Waals surface area contributed by atoms with Crippen molar-refractivity contribution in [2.24, 2.45) is 5.92 Å². The molecule has 1 saturated heterocycles. The average molecular weight is 300 g/mol. The van der Waals surface area contributed by atoms with Crippen molar-refractivity contribution in [1.82, 2.24) is 5.32 Å². The van der Waals surface area contributed by atoms with Crippen LogP contribution in [0.2, 0.25) is 10.0 Å². The molecule has 2 aliphatic rings. The van der Waals surface area contributed by atoms with Gasteiger partial charge in [-0.2, -0.15) is 0 Å². The van der Waals surface area contributed by atoms with Gasteiger partial charge in [-0.15, -0.1) is 0 Å². The predicted molar refractivity (Wildman–Crippen MR) is 78.7 cm³/mol. The lowest BCUT2D eigenvalue weighted by Crippen LogP contribution is -2.53. The molecule has 1 aromatic carbocycles. The molecular formula is C15H19Cl2NO. The zero-order valence-corrected chi connectivity index (χ0v) is 12.3. The van der Waals surface area contributed by atoms with Crippen molar-refractivity contribution in [3.8, 4) is 0 Å². The zero-order chi connectivity index (χ0) is 13.5.